The van der Waals surface area contributed by atoms with Crippen molar-refractivity contribution in [1.82, 2.24) is 9.62 Å². The SMILES string of the molecule is O=S(=O)(NCC1CN(Cc2ccccc2)CCO1)c1ccc2ccccc2c1. The van der Waals surface area contributed by atoms with Gasteiger partial charge in [0.1, 0.15) is 0 Å². The molecule has 1 aliphatic rings. The van der Waals surface area contributed by atoms with Crippen molar-refractivity contribution >= 4 is 20.8 Å². The molecule has 1 atom stereocenters. The monoisotopic (exact) mass is 396 g/mol. The third kappa shape index (κ3) is 4.59. The molecule has 1 fully saturated rings. The molecule has 1 unspecified atom stereocenters. The summed E-state index contributed by atoms with van der Waals surface area (Å²) in [5, 5.41) is 1.93. The van der Waals surface area contributed by atoms with Gasteiger partial charge in [0.25, 0.3) is 0 Å². The third-order valence-corrected chi connectivity index (χ3v) is 6.43. The maximum absolute atomic E-state index is 12.7. The molecule has 0 bridgehead atoms. The molecule has 0 radical (unpaired) electrons. The van der Waals surface area contributed by atoms with Crippen molar-refractivity contribution in [2.75, 3.05) is 26.2 Å². The molecule has 1 saturated heterocycles. The summed E-state index contributed by atoms with van der Waals surface area (Å²) in [5.74, 6) is 0. The zero-order valence-corrected chi connectivity index (χ0v) is 16.4. The fraction of sp³-hybridized carbons (Fsp3) is 0.273. The van der Waals surface area contributed by atoms with Crippen LogP contribution in [-0.4, -0.2) is 45.7 Å². The van der Waals surface area contributed by atoms with Crippen LogP contribution in [0.2, 0.25) is 0 Å². The minimum absolute atomic E-state index is 0.160. The minimum atomic E-state index is -3.58. The van der Waals surface area contributed by atoms with E-state index in [-0.39, 0.29) is 17.5 Å². The van der Waals surface area contributed by atoms with E-state index in [0.29, 0.717) is 13.2 Å². The molecule has 1 N–H and O–H groups in total. The second-order valence-electron chi connectivity index (χ2n) is 7.07. The highest BCUT2D eigenvalue weighted by Crippen LogP contribution is 2.19. The van der Waals surface area contributed by atoms with Crippen molar-refractivity contribution in [2.45, 2.75) is 17.5 Å². The van der Waals surface area contributed by atoms with Crippen LogP contribution >= 0.6 is 0 Å². The van der Waals surface area contributed by atoms with Gasteiger partial charge in [-0.2, -0.15) is 0 Å². The fourth-order valence-electron chi connectivity index (χ4n) is 3.51. The summed E-state index contributed by atoms with van der Waals surface area (Å²) >= 11 is 0. The number of benzene rings is 3. The first-order chi connectivity index (χ1) is 13.6. The van der Waals surface area contributed by atoms with Crippen LogP contribution < -0.4 is 4.72 Å². The highest BCUT2D eigenvalue weighted by Gasteiger charge is 2.23. The number of fused-ring (bicyclic) bond motifs is 1. The lowest BCUT2D eigenvalue weighted by atomic mass is 10.1. The standard InChI is InChI=1S/C22H24N2O3S/c25-28(26,22-11-10-19-8-4-5-9-20(19)14-22)23-15-21-17-24(12-13-27-21)16-18-6-2-1-3-7-18/h1-11,14,21,23H,12-13,15-17H2. The van der Waals surface area contributed by atoms with Gasteiger partial charge in [-0.15, -0.1) is 0 Å². The van der Waals surface area contributed by atoms with E-state index < -0.39 is 10.0 Å². The van der Waals surface area contributed by atoms with Gasteiger partial charge in [-0.05, 0) is 28.5 Å². The van der Waals surface area contributed by atoms with Crippen LogP contribution in [0.5, 0.6) is 0 Å². The van der Waals surface area contributed by atoms with E-state index in [1.165, 1.54) is 5.56 Å². The molecular weight excluding hydrogens is 372 g/mol. The van der Waals surface area contributed by atoms with Gasteiger partial charge in [-0.1, -0.05) is 60.7 Å². The lowest BCUT2D eigenvalue weighted by Gasteiger charge is -2.33. The van der Waals surface area contributed by atoms with Crippen LogP contribution in [0.15, 0.2) is 77.7 Å². The second-order valence-corrected chi connectivity index (χ2v) is 8.84. The Morgan fingerprint density at radius 3 is 2.54 bits per heavy atom. The summed E-state index contributed by atoms with van der Waals surface area (Å²) in [5.41, 5.74) is 1.25. The lowest BCUT2D eigenvalue weighted by Crippen LogP contribution is -2.47. The van der Waals surface area contributed by atoms with E-state index in [4.69, 9.17) is 4.74 Å². The van der Waals surface area contributed by atoms with Crippen LogP contribution in [-0.2, 0) is 21.3 Å². The first kappa shape index (κ1) is 19.1. The smallest absolute Gasteiger partial charge is 0.240 e. The zero-order chi connectivity index (χ0) is 19.4. The molecule has 28 heavy (non-hydrogen) atoms. The summed E-state index contributed by atoms with van der Waals surface area (Å²) in [4.78, 5) is 2.58. The van der Waals surface area contributed by atoms with E-state index in [2.05, 4.69) is 21.8 Å². The summed E-state index contributed by atoms with van der Waals surface area (Å²) < 4.78 is 33.9. The Labute approximate surface area is 166 Å². The van der Waals surface area contributed by atoms with Crippen LogP contribution in [0.25, 0.3) is 10.8 Å². The molecule has 146 valence electrons. The minimum Gasteiger partial charge on any atom is -0.374 e. The van der Waals surface area contributed by atoms with Crippen molar-refractivity contribution in [1.29, 1.82) is 0 Å². The van der Waals surface area contributed by atoms with Crippen molar-refractivity contribution < 1.29 is 13.2 Å². The largest absolute Gasteiger partial charge is 0.374 e. The predicted octanol–water partition coefficient (Wildman–Crippen LogP) is 3.02. The van der Waals surface area contributed by atoms with Crippen molar-refractivity contribution in [3.8, 4) is 0 Å². The zero-order valence-electron chi connectivity index (χ0n) is 15.6. The number of morpholine rings is 1. The third-order valence-electron chi connectivity index (χ3n) is 5.00. The number of hydrogen-bond acceptors (Lipinski definition) is 4. The van der Waals surface area contributed by atoms with Gasteiger partial charge in [-0.3, -0.25) is 4.90 Å². The van der Waals surface area contributed by atoms with Crippen LogP contribution in [0, 0.1) is 0 Å². The Balaban J connectivity index is 1.38. The van der Waals surface area contributed by atoms with Crippen LogP contribution in [0.3, 0.4) is 0 Å². The normalized spacial score (nSPS) is 18.4. The molecule has 3 aromatic carbocycles. The molecule has 6 heteroatoms. The summed E-state index contributed by atoms with van der Waals surface area (Å²) in [6.45, 7) is 3.27. The Morgan fingerprint density at radius 1 is 0.964 bits per heavy atom. The number of nitrogens with zero attached hydrogens (tertiary/aromatic N) is 1. The topological polar surface area (TPSA) is 58.6 Å². The van der Waals surface area contributed by atoms with Crippen molar-refractivity contribution in [3.63, 3.8) is 0 Å². The van der Waals surface area contributed by atoms with Gasteiger partial charge < -0.3 is 4.74 Å². The van der Waals surface area contributed by atoms with Gasteiger partial charge >= 0.3 is 0 Å². The number of sulfonamides is 1. The molecule has 1 aliphatic heterocycles. The fourth-order valence-corrected chi connectivity index (χ4v) is 4.61. The van der Waals surface area contributed by atoms with Gasteiger partial charge in [0, 0.05) is 26.2 Å². The molecule has 0 aliphatic carbocycles. The molecular formula is C22H24N2O3S. The van der Waals surface area contributed by atoms with Crippen LogP contribution in [0.4, 0.5) is 0 Å². The summed E-state index contributed by atoms with van der Waals surface area (Å²) in [6.07, 6.45) is -0.160. The van der Waals surface area contributed by atoms with E-state index >= 15 is 0 Å². The van der Waals surface area contributed by atoms with Gasteiger partial charge in [0.2, 0.25) is 10.0 Å². The average Bonchev–Trinajstić information content (AvgIpc) is 2.73. The summed E-state index contributed by atoms with van der Waals surface area (Å²) in [6, 6.07) is 23.2. The van der Waals surface area contributed by atoms with Crippen molar-refractivity contribution in [2.24, 2.45) is 0 Å². The number of rotatable bonds is 6. The first-order valence-corrected chi connectivity index (χ1v) is 10.9. The lowest BCUT2D eigenvalue weighted by molar-refractivity contribution is -0.0276. The van der Waals surface area contributed by atoms with E-state index in [9.17, 15) is 8.42 Å². The van der Waals surface area contributed by atoms with Gasteiger partial charge in [0.05, 0.1) is 17.6 Å². The van der Waals surface area contributed by atoms with Gasteiger partial charge in [-0.25, -0.2) is 13.1 Å². The summed E-state index contributed by atoms with van der Waals surface area (Å²) in [7, 11) is -3.58. The second kappa shape index (κ2) is 8.41. The van der Waals surface area contributed by atoms with E-state index in [1.54, 1.807) is 12.1 Å². The molecule has 4 rings (SSSR count). The Bertz CT molecular complexity index is 1040. The number of nitrogens with one attached hydrogen (secondary N) is 1. The van der Waals surface area contributed by atoms with Crippen LogP contribution in [0.1, 0.15) is 5.56 Å². The number of ether oxygens (including phenoxy) is 1. The Morgan fingerprint density at radius 2 is 1.71 bits per heavy atom. The molecule has 0 amide bonds. The van der Waals surface area contributed by atoms with E-state index in [0.717, 1.165) is 23.9 Å². The maximum atomic E-state index is 12.7. The quantitative estimate of drug-likeness (QED) is 0.696. The highest BCUT2D eigenvalue weighted by molar-refractivity contribution is 7.89. The van der Waals surface area contributed by atoms with Crippen molar-refractivity contribution in [3.05, 3.63) is 78.4 Å². The highest BCUT2D eigenvalue weighted by atomic mass is 32.2. The molecule has 0 saturated carbocycles. The average molecular weight is 397 g/mol. The molecule has 0 aromatic heterocycles. The predicted molar refractivity (Wildman–Crippen MR) is 111 cm³/mol. The molecule has 3 aromatic rings. The van der Waals surface area contributed by atoms with E-state index in [1.807, 2.05) is 48.5 Å². The van der Waals surface area contributed by atoms with Gasteiger partial charge in [0.15, 0.2) is 0 Å². The maximum Gasteiger partial charge on any atom is 0.240 e. The molecule has 5 nitrogen and oxygen atoms in total. The molecule has 0 spiro atoms. The Kier molecular flexibility index (Phi) is 5.73. The Hall–Kier alpha value is -2.25. The molecule has 1 heterocycles. The number of hydrogen-bond donors (Lipinski definition) is 1. The first-order valence-electron chi connectivity index (χ1n) is 9.46.